The number of unbranched alkanes of at least 4 members (excludes halogenated alkanes) is 2. The van der Waals surface area contributed by atoms with Crippen molar-refractivity contribution in [1.29, 1.82) is 0 Å². The molecule has 0 atom stereocenters. The largest absolute Gasteiger partial charge is 0.366 e. The first-order valence-corrected chi connectivity index (χ1v) is 7.92. The number of hydrogen-bond acceptors (Lipinski definition) is 3. The van der Waals surface area contributed by atoms with Gasteiger partial charge in [0.15, 0.2) is 0 Å². The van der Waals surface area contributed by atoms with Crippen molar-refractivity contribution in [2.24, 2.45) is 0 Å². The molecule has 2 aromatic rings. The highest BCUT2D eigenvalue weighted by molar-refractivity contribution is 5.94. The number of pyridine rings is 1. The average Bonchev–Trinajstić information content (AvgIpc) is 2.58. The number of carbonyl (C=O) groups is 1. The molecule has 4 nitrogen and oxygen atoms in total. The van der Waals surface area contributed by atoms with Crippen molar-refractivity contribution < 1.29 is 9.18 Å². The molecule has 2 N–H and O–H groups in total. The van der Waals surface area contributed by atoms with Gasteiger partial charge in [0.1, 0.15) is 11.6 Å². The Morgan fingerprint density at radius 3 is 2.83 bits per heavy atom. The molecule has 23 heavy (non-hydrogen) atoms. The zero-order valence-electron chi connectivity index (χ0n) is 13.3. The van der Waals surface area contributed by atoms with Gasteiger partial charge in [0.05, 0.1) is 0 Å². The second kappa shape index (κ2) is 8.88. The third kappa shape index (κ3) is 5.36. The van der Waals surface area contributed by atoms with Crippen LogP contribution in [0.2, 0.25) is 0 Å². The summed E-state index contributed by atoms with van der Waals surface area (Å²) < 4.78 is 13.6. The molecule has 1 aromatic heterocycles. The van der Waals surface area contributed by atoms with E-state index in [0.717, 1.165) is 19.3 Å². The van der Waals surface area contributed by atoms with Crippen molar-refractivity contribution in [3.63, 3.8) is 0 Å². The van der Waals surface area contributed by atoms with E-state index in [-0.39, 0.29) is 11.7 Å². The van der Waals surface area contributed by atoms with Gasteiger partial charge in [0, 0.05) is 30.4 Å². The fraction of sp³-hybridized carbons (Fsp3) is 0.333. The van der Waals surface area contributed by atoms with Gasteiger partial charge in [-0.3, -0.25) is 4.79 Å². The molecule has 0 bridgehead atoms. The molecule has 0 saturated carbocycles. The maximum atomic E-state index is 13.6. The predicted molar refractivity (Wildman–Crippen MR) is 89.8 cm³/mol. The summed E-state index contributed by atoms with van der Waals surface area (Å²) in [6.45, 7) is 3.12. The van der Waals surface area contributed by atoms with Gasteiger partial charge in [-0.2, -0.15) is 0 Å². The summed E-state index contributed by atoms with van der Waals surface area (Å²) >= 11 is 0. The first kappa shape index (κ1) is 16.9. The smallest absolute Gasteiger partial charge is 0.251 e. The lowest BCUT2D eigenvalue weighted by Crippen LogP contribution is -2.24. The van der Waals surface area contributed by atoms with Gasteiger partial charge in [-0.25, -0.2) is 9.37 Å². The van der Waals surface area contributed by atoms with Crippen LogP contribution in [0.3, 0.4) is 0 Å². The highest BCUT2D eigenvalue weighted by Gasteiger charge is 2.07. The van der Waals surface area contributed by atoms with Gasteiger partial charge in [-0.05, 0) is 24.6 Å². The van der Waals surface area contributed by atoms with E-state index in [0.29, 0.717) is 30.0 Å². The van der Waals surface area contributed by atoms with Crippen molar-refractivity contribution in [2.45, 2.75) is 32.7 Å². The number of rotatable bonds is 8. The quantitative estimate of drug-likeness (QED) is 0.729. The average molecular weight is 315 g/mol. The molecule has 0 spiro atoms. The van der Waals surface area contributed by atoms with E-state index in [1.54, 1.807) is 36.5 Å². The van der Waals surface area contributed by atoms with Crippen LogP contribution in [-0.4, -0.2) is 17.4 Å². The highest BCUT2D eigenvalue weighted by Crippen LogP contribution is 2.11. The minimum absolute atomic E-state index is 0.113. The Morgan fingerprint density at radius 1 is 1.22 bits per heavy atom. The van der Waals surface area contributed by atoms with Crippen LogP contribution in [-0.2, 0) is 6.54 Å². The van der Waals surface area contributed by atoms with Crippen molar-refractivity contribution in [3.8, 4) is 0 Å². The van der Waals surface area contributed by atoms with Crippen LogP contribution in [0, 0.1) is 5.82 Å². The molecule has 0 fully saturated rings. The van der Waals surface area contributed by atoms with Gasteiger partial charge in [-0.1, -0.05) is 38.0 Å². The third-order valence-electron chi connectivity index (χ3n) is 3.51. The van der Waals surface area contributed by atoms with Crippen LogP contribution in [0.1, 0.15) is 42.1 Å². The summed E-state index contributed by atoms with van der Waals surface area (Å²) in [6.07, 6.45) is 4.78. The molecular formula is C18H22FN3O. The van der Waals surface area contributed by atoms with Crippen molar-refractivity contribution >= 4 is 11.7 Å². The minimum atomic E-state index is -0.259. The summed E-state index contributed by atoms with van der Waals surface area (Å²) in [4.78, 5) is 16.2. The zero-order chi connectivity index (χ0) is 16.5. The number of benzene rings is 1. The molecule has 0 aliphatic heterocycles. The zero-order valence-corrected chi connectivity index (χ0v) is 13.3. The molecule has 1 amide bonds. The molecule has 0 aliphatic carbocycles. The minimum Gasteiger partial charge on any atom is -0.366 e. The van der Waals surface area contributed by atoms with E-state index in [1.807, 2.05) is 0 Å². The van der Waals surface area contributed by atoms with Gasteiger partial charge in [0.25, 0.3) is 5.91 Å². The fourth-order valence-electron chi connectivity index (χ4n) is 2.17. The normalized spacial score (nSPS) is 10.3. The molecule has 0 aliphatic rings. The number of anilines is 1. The van der Waals surface area contributed by atoms with Gasteiger partial charge < -0.3 is 10.6 Å². The summed E-state index contributed by atoms with van der Waals surface area (Å²) in [6, 6.07) is 9.92. The summed E-state index contributed by atoms with van der Waals surface area (Å²) in [7, 11) is 0. The van der Waals surface area contributed by atoms with E-state index in [4.69, 9.17) is 0 Å². The Bertz CT molecular complexity index is 646. The van der Waals surface area contributed by atoms with Gasteiger partial charge >= 0.3 is 0 Å². The Kier molecular flexibility index (Phi) is 6.54. The molecule has 1 aromatic carbocycles. The van der Waals surface area contributed by atoms with Crippen LogP contribution >= 0.6 is 0 Å². The number of halogens is 1. The molecule has 0 unspecified atom stereocenters. The molecule has 122 valence electrons. The van der Waals surface area contributed by atoms with E-state index in [9.17, 15) is 9.18 Å². The molecular weight excluding hydrogens is 293 g/mol. The molecule has 0 radical (unpaired) electrons. The summed E-state index contributed by atoms with van der Waals surface area (Å²) in [5.41, 5.74) is 1.11. The monoisotopic (exact) mass is 315 g/mol. The third-order valence-corrected chi connectivity index (χ3v) is 3.51. The topological polar surface area (TPSA) is 54.0 Å². The lowest BCUT2D eigenvalue weighted by Gasteiger charge is -2.09. The van der Waals surface area contributed by atoms with Crippen LogP contribution in [0.25, 0.3) is 0 Å². The highest BCUT2D eigenvalue weighted by atomic mass is 19.1. The number of nitrogens with one attached hydrogen (secondary N) is 2. The number of hydrogen-bond donors (Lipinski definition) is 2. The van der Waals surface area contributed by atoms with Crippen molar-refractivity contribution in [1.82, 2.24) is 10.3 Å². The van der Waals surface area contributed by atoms with Crippen LogP contribution in [0.15, 0.2) is 42.6 Å². The van der Waals surface area contributed by atoms with Crippen molar-refractivity contribution in [3.05, 3.63) is 59.5 Å². The Hall–Kier alpha value is -2.43. The Morgan fingerprint density at radius 2 is 2.04 bits per heavy atom. The number of nitrogens with zero attached hydrogens (tertiary/aromatic N) is 1. The first-order valence-electron chi connectivity index (χ1n) is 7.92. The van der Waals surface area contributed by atoms with Crippen LogP contribution < -0.4 is 10.6 Å². The van der Waals surface area contributed by atoms with Gasteiger partial charge in [-0.15, -0.1) is 0 Å². The number of aromatic nitrogens is 1. The lowest BCUT2D eigenvalue weighted by atomic mass is 10.2. The van der Waals surface area contributed by atoms with E-state index >= 15 is 0 Å². The molecule has 0 saturated heterocycles. The van der Waals surface area contributed by atoms with E-state index in [1.165, 1.54) is 6.07 Å². The van der Waals surface area contributed by atoms with E-state index in [2.05, 4.69) is 22.5 Å². The van der Waals surface area contributed by atoms with Crippen LogP contribution in [0.5, 0.6) is 0 Å². The first-order chi connectivity index (χ1) is 11.2. The Balaban J connectivity index is 1.91. The predicted octanol–water partition coefficient (Wildman–Crippen LogP) is 3.75. The molecule has 5 heteroatoms. The van der Waals surface area contributed by atoms with E-state index < -0.39 is 0 Å². The second-order valence-corrected chi connectivity index (χ2v) is 5.34. The lowest BCUT2D eigenvalue weighted by molar-refractivity contribution is 0.0953. The molecule has 2 rings (SSSR count). The van der Waals surface area contributed by atoms with Gasteiger partial charge in [0.2, 0.25) is 0 Å². The number of carbonyl (C=O) groups excluding carboxylic acids is 1. The number of amides is 1. The molecule has 1 heterocycles. The van der Waals surface area contributed by atoms with Crippen LogP contribution in [0.4, 0.5) is 10.2 Å². The maximum Gasteiger partial charge on any atom is 0.251 e. The standard InChI is InChI=1S/C18H22FN3O/c1-2-3-6-10-21-18(23)14-9-11-20-17(12-14)22-13-15-7-4-5-8-16(15)19/h4-5,7-9,11-12H,2-3,6,10,13H2,1H3,(H,20,22)(H,21,23). The summed E-state index contributed by atoms with van der Waals surface area (Å²) in [5, 5.41) is 5.93. The summed E-state index contributed by atoms with van der Waals surface area (Å²) in [5.74, 6) is 0.178. The fourth-order valence-corrected chi connectivity index (χ4v) is 2.17. The van der Waals surface area contributed by atoms with Crippen molar-refractivity contribution in [2.75, 3.05) is 11.9 Å². The second-order valence-electron chi connectivity index (χ2n) is 5.34. The SMILES string of the molecule is CCCCCNC(=O)c1ccnc(NCc2ccccc2F)c1. The maximum absolute atomic E-state index is 13.6. The Labute approximate surface area is 136 Å².